The predicted molar refractivity (Wildman–Crippen MR) is 229 cm³/mol. The predicted octanol–water partition coefficient (Wildman–Crippen LogP) is 15.3. The van der Waals surface area contributed by atoms with E-state index in [0.717, 1.165) is 77.2 Å². The molecule has 5 heteroatoms. The van der Waals surface area contributed by atoms with Crippen molar-refractivity contribution in [1.82, 2.24) is 0 Å². The molecule has 53 heavy (non-hydrogen) atoms. The molecule has 0 saturated carbocycles. The van der Waals surface area contributed by atoms with Crippen LogP contribution in [0, 0.1) is 0 Å². The molecule has 0 spiro atoms. The van der Waals surface area contributed by atoms with Crippen molar-refractivity contribution in [3.8, 4) is 0 Å². The topological polar surface area (TPSA) is 61.8 Å². The van der Waals surface area contributed by atoms with Gasteiger partial charge in [-0.15, -0.1) is 0 Å². The molecule has 0 aliphatic carbocycles. The molecule has 0 N–H and O–H groups in total. The van der Waals surface area contributed by atoms with Gasteiger partial charge in [-0.1, -0.05) is 193 Å². The number of hydrogen-bond donors (Lipinski definition) is 0. The van der Waals surface area contributed by atoms with Crippen LogP contribution < -0.4 is 0 Å². The van der Waals surface area contributed by atoms with Gasteiger partial charge in [-0.2, -0.15) is 0 Å². The Balaban J connectivity index is 4.84. The van der Waals surface area contributed by atoms with E-state index in [2.05, 4.69) is 38.2 Å². The Kier molecular flexibility index (Phi) is 45.7. The minimum Gasteiger partial charge on any atom is -0.349 e. The van der Waals surface area contributed by atoms with Crippen LogP contribution >= 0.6 is 0 Å². The summed E-state index contributed by atoms with van der Waals surface area (Å²) in [4.78, 5) is 20.9. The molecule has 0 rings (SSSR count). The molecule has 312 valence electrons. The first-order valence-electron chi connectivity index (χ1n) is 23.4. The average molecular weight is 747 g/mol. The fourth-order valence-corrected chi connectivity index (χ4v) is 6.80. The summed E-state index contributed by atoms with van der Waals surface area (Å²) in [5.41, 5.74) is 0. The maximum absolute atomic E-state index is 10.5. The van der Waals surface area contributed by atoms with Crippen molar-refractivity contribution in [1.29, 1.82) is 0 Å². The van der Waals surface area contributed by atoms with Crippen LogP contribution in [0.4, 0.5) is 0 Å². The van der Waals surface area contributed by atoms with Crippen LogP contribution in [-0.2, 0) is 23.8 Å². The maximum atomic E-state index is 10.5. The normalized spacial score (nSPS) is 13.0. The van der Waals surface area contributed by atoms with Crippen LogP contribution in [-0.4, -0.2) is 38.4 Å². The van der Waals surface area contributed by atoms with E-state index >= 15 is 0 Å². The van der Waals surface area contributed by atoms with E-state index in [9.17, 15) is 9.59 Å². The molecule has 0 saturated heterocycles. The van der Waals surface area contributed by atoms with E-state index in [0.29, 0.717) is 0 Å². The lowest BCUT2D eigenvalue weighted by Gasteiger charge is -2.22. The van der Waals surface area contributed by atoms with Crippen LogP contribution in [0.25, 0.3) is 0 Å². The van der Waals surface area contributed by atoms with Crippen LogP contribution in [0.15, 0.2) is 24.3 Å². The molecule has 0 bridgehead atoms. The molecule has 0 aliphatic rings. The van der Waals surface area contributed by atoms with Gasteiger partial charge in [-0.05, 0) is 63.5 Å². The van der Waals surface area contributed by atoms with Crippen LogP contribution in [0.3, 0.4) is 0 Å². The number of hydrogen-bond acceptors (Lipinski definition) is 5. The number of carbonyl (C=O) groups excluding carboxylic acids is 2. The second-order valence-corrected chi connectivity index (χ2v) is 15.6. The molecular weight excluding hydrogens is 657 g/mol. The van der Waals surface area contributed by atoms with Crippen molar-refractivity contribution in [2.75, 3.05) is 13.2 Å². The van der Waals surface area contributed by atoms with E-state index in [1.165, 1.54) is 180 Å². The Bertz CT molecular complexity index is 703. The second kappa shape index (κ2) is 46.9. The van der Waals surface area contributed by atoms with Gasteiger partial charge in [0.25, 0.3) is 0 Å². The van der Waals surface area contributed by atoms with Gasteiger partial charge in [0.05, 0.1) is 13.2 Å². The molecule has 0 radical (unpaired) electrons. The van der Waals surface area contributed by atoms with E-state index in [4.69, 9.17) is 14.2 Å². The van der Waals surface area contributed by atoms with Crippen molar-refractivity contribution >= 4 is 12.6 Å². The fraction of sp³-hybridized carbons (Fsp3) is 0.875. The van der Waals surface area contributed by atoms with Gasteiger partial charge in [0, 0.05) is 12.8 Å². The summed E-state index contributed by atoms with van der Waals surface area (Å²) in [6, 6.07) is 0. The minimum atomic E-state index is -0.378. The van der Waals surface area contributed by atoms with Crippen molar-refractivity contribution in [3.63, 3.8) is 0 Å². The van der Waals surface area contributed by atoms with Gasteiger partial charge in [0.1, 0.15) is 12.6 Å². The molecule has 0 aromatic heterocycles. The molecule has 0 aromatic carbocycles. The average Bonchev–Trinajstić information content (AvgIpc) is 3.17. The zero-order valence-corrected chi connectivity index (χ0v) is 35.5. The van der Waals surface area contributed by atoms with E-state index < -0.39 is 0 Å². The second-order valence-electron chi connectivity index (χ2n) is 15.6. The molecule has 2 unspecified atom stereocenters. The lowest BCUT2D eigenvalue weighted by atomic mass is 10.1. The first-order valence-corrected chi connectivity index (χ1v) is 23.4. The molecule has 5 nitrogen and oxygen atoms in total. The van der Waals surface area contributed by atoms with Crippen LogP contribution in [0.2, 0.25) is 0 Å². The third-order valence-corrected chi connectivity index (χ3v) is 10.3. The first-order chi connectivity index (χ1) is 26.3. The van der Waals surface area contributed by atoms with E-state index in [1.54, 1.807) is 0 Å². The van der Waals surface area contributed by atoms with Crippen LogP contribution in [0.1, 0.15) is 245 Å². The molecule has 2 atom stereocenters. The van der Waals surface area contributed by atoms with Gasteiger partial charge < -0.3 is 23.8 Å². The Hall–Kier alpha value is -1.30. The molecule has 0 fully saturated rings. The molecule has 0 heterocycles. The lowest BCUT2D eigenvalue weighted by molar-refractivity contribution is -0.208. The van der Waals surface area contributed by atoms with E-state index in [1.807, 2.05) is 0 Å². The Morgan fingerprint density at radius 2 is 0.604 bits per heavy atom. The van der Waals surface area contributed by atoms with Crippen molar-refractivity contribution in [3.05, 3.63) is 24.3 Å². The monoisotopic (exact) mass is 747 g/mol. The summed E-state index contributed by atoms with van der Waals surface area (Å²) in [7, 11) is 0. The fourth-order valence-electron chi connectivity index (χ4n) is 6.80. The zero-order valence-electron chi connectivity index (χ0n) is 35.5. The van der Waals surface area contributed by atoms with Crippen molar-refractivity contribution < 1.29 is 23.8 Å². The summed E-state index contributed by atoms with van der Waals surface area (Å²) in [6.07, 6.45) is 54.0. The first kappa shape index (κ1) is 51.7. The highest BCUT2D eigenvalue weighted by molar-refractivity contribution is 5.49. The summed E-state index contributed by atoms with van der Waals surface area (Å²) in [5.74, 6) is 0. The Morgan fingerprint density at radius 3 is 0.906 bits per heavy atom. The standard InChI is InChI=1S/C48H90O5/c1-3-5-7-9-27-33-39-45-51-47(41-35-29-23-19-15-11-13-17-21-25-31-37-43-49)53-48(52-46-40-34-28-10-8-6-4-2)42-36-30-24-20-16-12-14-18-22-26-32-38-44-50/h35-36,41-44,47-48H,3-34,37-40,45-46H2,1-2H3. The SMILES string of the molecule is CCCCCCCCCOC(C=CCCCCCCCCCCCC=O)OC(C=CCCCCCCCCCCCC=O)OCCCCCCCCC. The quantitative estimate of drug-likeness (QED) is 0.0269. The number of ether oxygens (including phenoxy) is 3. The van der Waals surface area contributed by atoms with Gasteiger partial charge in [-0.25, -0.2) is 0 Å². The Labute approximate surface area is 330 Å². The highest BCUT2D eigenvalue weighted by Crippen LogP contribution is 2.16. The smallest absolute Gasteiger partial charge is 0.180 e. The maximum Gasteiger partial charge on any atom is 0.180 e. The van der Waals surface area contributed by atoms with Gasteiger partial charge in [-0.3, -0.25) is 0 Å². The number of aldehydes is 2. The zero-order chi connectivity index (χ0) is 38.4. The number of rotatable bonds is 46. The van der Waals surface area contributed by atoms with Crippen molar-refractivity contribution in [2.24, 2.45) is 0 Å². The summed E-state index contributed by atoms with van der Waals surface area (Å²) < 4.78 is 19.2. The largest absolute Gasteiger partial charge is 0.349 e. The number of allylic oxidation sites excluding steroid dienone is 2. The van der Waals surface area contributed by atoms with E-state index in [-0.39, 0.29) is 12.6 Å². The van der Waals surface area contributed by atoms with Gasteiger partial charge in [0.15, 0.2) is 12.6 Å². The molecule has 0 aliphatic heterocycles. The third-order valence-electron chi connectivity index (χ3n) is 10.3. The van der Waals surface area contributed by atoms with Crippen molar-refractivity contribution in [2.45, 2.75) is 258 Å². The molecular formula is C48H90O5. The Morgan fingerprint density at radius 1 is 0.340 bits per heavy atom. The highest BCUT2D eigenvalue weighted by atomic mass is 16.8. The van der Waals surface area contributed by atoms with Crippen LogP contribution in [0.5, 0.6) is 0 Å². The highest BCUT2D eigenvalue weighted by Gasteiger charge is 2.14. The van der Waals surface area contributed by atoms with Gasteiger partial charge >= 0.3 is 0 Å². The summed E-state index contributed by atoms with van der Waals surface area (Å²) in [5, 5.41) is 0. The summed E-state index contributed by atoms with van der Waals surface area (Å²) in [6.45, 7) is 6.00. The minimum absolute atomic E-state index is 0.378. The number of carbonyl (C=O) groups is 2. The number of unbranched alkanes of at least 4 members (excludes halogenated alkanes) is 32. The molecule has 0 amide bonds. The lowest BCUT2D eigenvalue weighted by Crippen LogP contribution is -2.25. The molecule has 0 aromatic rings. The summed E-state index contributed by atoms with van der Waals surface area (Å²) >= 11 is 0. The third kappa shape index (κ3) is 43.3. The van der Waals surface area contributed by atoms with Gasteiger partial charge in [0.2, 0.25) is 0 Å².